The van der Waals surface area contributed by atoms with Crippen molar-refractivity contribution in [2.75, 3.05) is 13.2 Å². The second-order valence-electron chi connectivity index (χ2n) is 3.50. The number of nitrogens with one attached hydrogen (secondary N) is 1. The first kappa shape index (κ1) is 15.4. The molecule has 0 aliphatic rings. The first-order valence-corrected chi connectivity index (χ1v) is 5.94. The summed E-state index contributed by atoms with van der Waals surface area (Å²) >= 11 is 3.07. The Morgan fingerprint density at radius 1 is 1.47 bits per heavy atom. The largest absolute Gasteiger partial charge is 0.481 e. The van der Waals surface area contributed by atoms with E-state index in [2.05, 4.69) is 15.9 Å². The Balaban J connectivity index is 2.52. The quantitative estimate of drug-likeness (QED) is 0.704. The Bertz CT molecular complexity index is 482. The molecule has 1 aromatic carbocycles. The van der Waals surface area contributed by atoms with E-state index in [1.54, 1.807) is 0 Å². The van der Waals surface area contributed by atoms with Gasteiger partial charge >= 0.3 is 5.97 Å². The second-order valence-corrected chi connectivity index (χ2v) is 4.42. The Morgan fingerprint density at radius 3 is 2.68 bits per heavy atom. The van der Waals surface area contributed by atoms with Gasteiger partial charge in [0.25, 0.3) is 5.91 Å². The summed E-state index contributed by atoms with van der Waals surface area (Å²) in [6.45, 7) is -1.30. The van der Waals surface area contributed by atoms with Gasteiger partial charge in [-0.05, 0) is 18.2 Å². The zero-order chi connectivity index (χ0) is 14.4. The second kappa shape index (κ2) is 7.05. The van der Waals surface area contributed by atoms with E-state index in [9.17, 15) is 14.0 Å². The van der Waals surface area contributed by atoms with Gasteiger partial charge < -0.3 is 20.3 Å². The van der Waals surface area contributed by atoms with Crippen LogP contribution in [0.2, 0.25) is 0 Å². The number of carbonyl (C=O) groups excluding carboxylic acids is 1. The van der Waals surface area contributed by atoms with Crippen LogP contribution in [-0.2, 0) is 9.59 Å². The highest BCUT2D eigenvalue weighted by Crippen LogP contribution is 2.21. The average molecular weight is 336 g/mol. The van der Waals surface area contributed by atoms with Gasteiger partial charge in [0.1, 0.15) is 6.04 Å². The minimum atomic E-state index is -1.41. The van der Waals surface area contributed by atoms with Crippen LogP contribution < -0.4 is 10.1 Å². The van der Waals surface area contributed by atoms with Crippen LogP contribution in [0.1, 0.15) is 0 Å². The van der Waals surface area contributed by atoms with Gasteiger partial charge in [-0.3, -0.25) is 4.79 Å². The molecular weight excluding hydrogens is 325 g/mol. The summed E-state index contributed by atoms with van der Waals surface area (Å²) in [5.41, 5.74) is 0. The number of aliphatic carboxylic acids is 1. The van der Waals surface area contributed by atoms with Crippen LogP contribution in [0, 0.1) is 5.82 Å². The van der Waals surface area contributed by atoms with Crippen molar-refractivity contribution >= 4 is 27.8 Å². The van der Waals surface area contributed by atoms with E-state index in [0.29, 0.717) is 4.47 Å². The predicted molar refractivity (Wildman–Crippen MR) is 66.2 cm³/mol. The zero-order valence-electron chi connectivity index (χ0n) is 9.60. The smallest absolute Gasteiger partial charge is 0.328 e. The molecule has 1 aromatic rings. The Hall–Kier alpha value is -1.67. The first-order valence-electron chi connectivity index (χ1n) is 5.15. The molecule has 8 heteroatoms. The number of ether oxygens (including phenoxy) is 1. The molecule has 0 saturated heterocycles. The fourth-order valence-corrected chi connectivity index (χ4v) is 1.49. The molecule has 0 radical (unpaired) electrons. The van der Waals surface area contributed by atoms with E-state index < -0.39 is 36.9 Å². The monoisotopic (exact) mass is 335 g/mol. The van der Waals surface area contributed by atoms with Gasteiger partial charge in [0, 0.05) is 4.47 Å². The van der Waals surface area contributed by atoms with E-state index in [1.165, 1.54) is 18.2 Å². The van der Waals surface area contributed by atoms with Gasteiger partial charge in [-0.1, -0.05) is 15.9 Å². The van der Waals surface area contributed by atoms with Crippen LogP contribution in [0.4, 0.5) is 4.39 Å². The minimum absolute atomic E-state index is 0.130. The highest BCUT2D eigenvalue weighted by atomic mass is 79.9. The number of aliphatic hydroxyl groups excluding tert-OH is 1. The van der Waals surface area contributed by atoms with E-state index >= 15 is 0 Å². The summed E-state index contributed by atoms with van der Waals surface area (Å²) in [7, 11) is 0. The summed E-state index contributed by atoms with van der Waals surface area (Å²) in [6.07, 6.45) is 0. The lowest BCUT2D eigenvalue weighted by Crippen LogP contribution is -2.45. The summed E-state index contributed by atoms with van der Waals surface area (Å²) in [5, 5.41) is 19.3. The third-order valence-corrected chi connectivity index (χ3v) is 2.56. The van der Waals surface area contributed by atoms with Crippen molar-refractivity contribution in [2.45, 2.75) is 6.04 Å². The molecule has 1 rings (SSSR count). The van der Waals surface area contributed by atoms with Crippen molar-refractivity contribution in [3.63, 3.8) is 0 Å². The maximum atomic E-state index is 13.3. The standard InChI is InChI=1S/C11H11BrFNO5/c12-6-1-2-9(7(13)3-6)19-5-10(16)14-8(4-15)11(17)18/h1-3,8,15H,4-5H2,(H,14,16)(H,17,18). The van der Waals surface area contributed by atoms with E-state index in [1.807, 2.05) is 5.32 Å². The molecule has 3 N–H and O–H groups in total. The Labute approximate surface area is 116 Å². The normalized spacial score (nSPS) is 11.7. The molecule has 0 aliphatic heterocycles. The zero-order valence-corrected chi connectivity index (χ0v) is 11.2. The lowest BCUT2D eigenvalue weighted by molar-refractivity contribution is -0.143. The molecule has 6 nitrogen and oxygen atoms in total. The van der Waals surface area contributed by atoms with Gasteiger partial charge in [0.2, 0.25) is 0 Å². The van der Waals surface area contributed by atoms with Crippen LogP contribution in [0.25, 0.3) is 0 Å². The molecule has 1 amide bonds. The number of hydrogen-bond donors (Lipinski definition) is 3. The van der Waals surface area contributed by atoms with Gasteiger partial charge in [0.15, 0.2) is 18.2 Å². The number of hydrogen-bond acceptors (Lipinski definition) is 4. The molecule has 104 valence electrons. The predicted octanol–water partition coefficient (Wildman–Crippen LogP) is 0.529. The Morgan fingerprint density at radius 2 is 2.16 bits per heavy atom. The number of carboxylic acids is 1. The molecule has 1 atom stereocenters. The molecule has 0 heterocycles. The minimum Gasteiger partial charge on any atom is -0.481 e. The first-order chi connectivity index (χ1) is 8.93. The summed E-state index contributed by atoms with van der Waals surface area (Å²) in [5.74, 6) is -2.93. The summed E-state index contributed by atoms with van der Waals surface area (Å²) in [4.78, 5) is 21.9. The number of aliphatic hydroxyl groups is 1. The third-order valence-electron chi connectivity index (χ3n) is 2.07. The maximum Gasteiger partial charge on any atom is 0.328 e. The lowest BCUT2D eigenvalue weighted by atomic mass is 10.3. The van der Waals surface area contributed by atoms with Gasteiger partial charge in [0.05, 0.1) is 6.61 Å². The van der Waals surface area contributed by atoms with Crippen molar-refractivity contribution in [1.29, 1.82) is 0 Å². The molecule has 0 spiro atoms. The number of halogens is 2. The number of carbonyl (C=O) groups is 2. The van der Waals surface area contributed by atoms with Crippen LogP contribution >= 0.6 is 15.9 Å². The van der Waals surface area contributed by atoms with E-state index in [-0.39, 0.29) is 5.75 Å². The fourth-order valence-electron chi connectivity index (χ4n) is 1.16. The van der Waals surface area contributed by atoms with E-state index in [0.717, 1.165) is 0 Å². The molecule has 1 unspecified atom stereocenters. The molecule has 0 aliphatic carbocycles. The number of rotatable bonds is 6. The van der Waals surface area contributed by atoms with Crippen LogP contribution in [-0.4, -0.2) is 41.3 Å². The summed E-state index contributed by atoms with van der Waals surface area (Å²) < 4.78 is 18.8. The fraction of sp³-hybridized carbons (Fsp3) is 0.273. The number of benzene rings is 1. The molecule has 19 heavy (non-hydrogen) atoms. The van der Waals surface area contributed by atoms with Crippen molar-refractivity contribution in [1.82, 2.24) is 5.32 Å². The van der Waals surface area contributed by atoms with E-state index in [4.69, 9.17) is 14.9 Å². The molecule has 0 bridgehead atoms. The van der Waals surface area contributed by atoms with Gasteiger partial charge in [-0.15, -0.1) is 0 Å². The van der Waals surface area contributed by atoms with Crippen molar-refractivity contribution in [2.24, 2.45) is 0 Å². The van der Waals surface area contributed by atoms with Crippen molar-refractivity contribution in [3.8, 4) is 5.75 Å². The SMILES string of the molecule is O=C(COc1ccc(Br)cc1F)NC(CO)C(=O)O. The number of amides is 1. The van der Waals surface area contributed by atoms with Crippen molar-refractivity contribution < 1.29 is 28.9 Å². The highest BCUT2D eigenvalue weighted by molar-refractivity contribution is 9.10. The van der Waals surface area contributed by atoms with Crippen LogP contribution in [0.15, 0.2) is 22.7 Å². The van der Waals surface area contributed by atoms with Crippen LogP contribution in [0.5, 0.6) is 5.75 Å². The highest BCUT2D eigenvalue weighted by Gasteiger charge is 2.19. The lowest BCUT2D eigenvalue weighted by Gasteiger charge is -2.12. The Kier molecular flexibility index (Phi) is 5.71. The summed E-state index contributed by atoms with van der Waals surface area (Å²) in [6, 6.07) is 2.62. The van der Waals surface area contributed by atoms with Crippen molar-refractivity contribution in [3.05, 3.63) is 28.5 Å². The van der Waals surface area contributed by atoms with Gasteiger partial charge in [-0.25, -0.2) is 9.18 Å². The number of carboxylic acid groups (broad SMARTS) is 1. The molecule has 0 fully saturated rings. The van der Waals surface area contributed by atoms with Gasteiger partial charge in [-0.2, -0.15) is 0 Å². The average Bonchev–Trinajstić information content (AvgIpc) is 2.34. The molecule has 0 saturated carbocycles. The van der Waals surface area contributed by atoms with Crippen LogP contribution in [0.3, 0.4) is 0 Å². The maximum absolute atomic E-state index is 13.3. The molecular formula is C11H11BrFNO5. The third kappa shape index (κ3) is 4.84. The molecule has 0 aromatic heterocycles. The topological polar surface area (TPSA) is 95.9 Å².